The molecular formula is C14H18Cl2N2S. The van der Waals surface area contributed by atoms with E-state index in [4.69, 9.17) is 11.6 Å². The number of nitrogens with zero attached hydrogens (tertiary/aromatic N) is 1. The number of benzene rings is 1. The molecule has 5 heteroatoms. The van der Waals surface area contributed by atoms with Gasteiger partial charge in [-0.25, -0.2) is 0 Å². The van der Waals surface area contributed by atoms with Crippen LogP contribution in [-0.2, 0) is 6.54 Å². The molecule has 0 amide bonds. The Morgan fingerprint density at radius 1 is 1.42 bits per heavy atom. The average Bonchev–Trinajstić information content (AvgIpc) is 2.97. The molecular weight excluding hydrogens is 299 g/mol. The number of rotatable bonds is 3. The molecule has 1 atom stereocenters. The predicted molar refractivity (Wildman–Crippen MR) is 86.8 cm³/mol. The topological polar surface area (TPSA) is 15.3 Å². The molecule has 1 aliphatic heterocycles. The zero-order chi connectivity index (χ0) is 12.5. The molecule has 2 heterocycles. The average molecular weight is 317 g/mol. The van der Waals surface area contributed by atoms with Crippen molar-refractivity contribution in [2.24, 2.45) is 0 Å². The molecule has 19 heavy (non-hydrogen) atoms. The van der Waals surface area contributed by atoms with Gasteiger partial charge in [0.25, 0.3) is 0 Å². The first kappa shape index (κ1) is 15.1. The summed E-state index contributed by atoms with van der Waals surface area (Å²) >= 11 is 8.30. The van der Waals surface area contributed by atoms with Crippen LogP contribution in [0.4, 0.5) is 0 Å². The Labute approximate surface area is 129 Å². The van der Waals surface area contributed by atoms with E-state index < -0.39 is 0 Å². The first-order valence-corrected chi connectivity index (χ1v) is 7.53. The third-order valence-electron chi connectivity index (χ3n) is 3.65. The molecule has 2 nitrogen and oxygen atoms in total. The van der Waals surface area contributed by atoms with Crippen LogP contribution in [-0.4, -0.2) is 31.1 Å². The first-order valence-electron chi connectivity index (χ1n) is 6.33. The van der Waals surface area contributed by atoms with E-state index in [1.807, 2.05) is 18.4 Å². The predicted octanol–water partition coefficient (Wildman–Crippen LogP) is 3.77. The maximum absolute atomic E-state index is 6.47. The molecule has 1 aromatic carbocycles. The largest absolute Gasteiger partial charge is 0.316 e. The quantitative estimate of drug-likeness (QED) is 0.927. The fourth-order valence-electron chi connectivity index (χ4n) is 2.58. The summed E-state index contributed by atoms with van der Waals surface area (Å²) in [6, 6.07) is 9.02. The molecule has 0 radical (unpaired) electrons. The highest BCUT2D eigenvalue weighted by Crippen LogP contribution is 2.36. The van der Waals surface area contributed by atoms with Gasteiger partial charge in [-0.15, -0.1) is 23.7 Å². The van der Waals surface area contributed by atoms with E-state index in [-0.39, 0.29) is 12.4 Å². The molecule has 1 N–H and O–H groups in total. The van der Waals surface area contributed by atoms with Crippen LogP contribution in [0.2, 0.25) is 5.02 Å². The molecule has 1 saturated heterocycles. The summed E-state index contributed by atoms with van der Waals surface area (Å²) in [6.45, 7) is 3.27. The Balaban J connectivity index is 0.00000133. The number of hydrogen-bond acceptors (Lipinski definition) is 3. The second-order valence-electron chi connectivity index (χ2n) is 4.84. The highest BCUT2D eigenvalue weighted by atomic mass is 35.5. The van der Waals surface area contributed by atoms with Gasteiger partial charge in [0.1, 0.15) is 0 Å². The minimum atomic E-state index is 0. The third-order valence-corrected chi connectivity index (χ3v) is 5.35. The van der Waals surface area contributed by atoms with Gasteiger partial charge >= 0.3 is 0 Å². The number of halogens is 2. The maximum atomic E-state index is 6.47. The van der Waals surface area contributed by atoms with Crippen molar-refractivity contribution < 1.29 is 0 Å². The van der Waals surface area contributed by atoms with E-state index in [9.17, 15) is 0 Å². The van der Waals surface area contributed by atoms with Gasteiger partial charge in [-0.1, -0.05) is 29.8 Å². The molecule has 104 valence electrons. The molecule has 2 aromatic rings. The van der Waals surface area contributed by atoms with E-state index in [2.05, 4.69) is 34.5 Å². The Morgan fingerprint density at radius 3 is 2.89 bits per heavy atom. The Kier molecular flexibility index (Phi) is 5.09. The molecule has 1 aliphatic rings. The number of fused-ring (bicyclic) bond motifs is 1. The van der Waals surface area contributed by atoms with E-state index in [1.54, 1.807) is 0 Å². The highest BCUT2D eigenvalue weighted by Gasteiger charge is 2.22. The summed E-state index contributed by atoms with van der Waals surface area (Å²) in [7, 11) is 2.04. The standard InChI is InChI=1S/C14H17ClN2S.ClH/c1-16-10-6-7-17(8-10)9-13-14(15)11-4-2-3-5-12(11)18-13;/h2-5,10,16H,6-9H2,1H3;1H. The van der Waals surface area contributed by atoms with Gasteiger partial charge in [0, 0.05) is 40.6 Å². The molecule has 0 spiro atoms. The van der Waals surface area contributed by atoms with Crippen molar-refractivity contribution in [1.82, 2.24) is 10.2 Å². The van der Waals surface area contributed by atoms with E-state index in [0.29, 0.717) is 6.04 Å². The summed E-state index contributed by atoms with van der Waals surface area (Å²) in [5.41, 5.74) is 0. The van der Waals surface area contributed by atoms with Gasteiger partial charge in [0.15, 0.2) is 0 Å². The highest BCUT2D eigenvalue weighted by molar-refractivity contribution is 7.19. The maximum Gasteiger partial charge on any atom is 0.0637 e. The van der Waals surface area contributed by atoms with E-state index in [1.165, 1.54) is 21.4 Å². The monoisotopic (exact) mass is 316 g/mol. The van der Waals surface area contributed by atoms with Crippen LogP contribution >= 0.6 is 35.3 Å². The van der Waals surface area contributed by atoms with Crippen molar-refractivity contribution in [3.8, 4) is 0 Å². The Bertz CT molecular complexity index is 555. The van der Waals surface area contributed by atoms with Gasteiger partial charge in [-0.05, 0) is 19.5 Å². The van der Waals surface area contributed by atoms with Crippen molar-refractivity contribution in [3.63, 3.8) is 0 Å². The van der Waals surface area contributed by atoms with Crippen molar-refractivity contribution >= 4 is 45.4 Å². The molecule has 1 aromatic heterocycles. The van der Waals surface area contributed by atoms with E-state index >= 15 is 0 Å². The Morgan fingerprint density at radius 2 is 2.21 bits per heavy atom. The summed E-state index contributed by atoms with van der Waals surface area (Å²) in [6.07, 6.45) is 1.24. The molecule has 0 bridgehead atoms. The normalized spacial score (nSPS) is 19.8. The van der Waals surface area contributed by atoms with Crippen LogP contribution in [0.3, 0.4) is 0 Å². The second kappa shape index (κ2) is 6.42. The van der Waals surface area contributed by atoms with Gasteiger partial charge < -0.3 is 5.32 Å². The summed E-state index contributed by atoms with van der Waals surface area (Å²) in [5, 5.41) is 5.50. The lowest BCUT2D eigenvalue weighted by molar-refractivity contribution is 0.325. The van der Waals surface area contributed by atoms with Crippen molar-refractivity contribution in [2.75, 3.05) is 20.1 Å². The zero-order valence-electron chi connectivity index (χ0n) is 10.9. The summed E-state index contributed by atoms with van der Waals surface area (Å²) in [5.74, 6) is 0. The number of thiophene rings is 1. The smallest absolute Gasteiger partial charge is 0.0637 e. The van der Waals surface area contributed by atoms with Crippen LogP contribution in [0.15, 0.2) is 24.3 Å². The van der Waals surface area contributed by atoms with Crippen molar-refractivity contribution in [1.29, 1.82) is 0 Å². The minimum Gasteiger partial charge on any atom is -0.316 e. The number of nitrogens with one attached hydrogen (secondary N) is 1. The van der Waals surface area contributed by atoms with Crippen LogP contribution in [0.5, 0.6) is 0 Å². The number of likely N-dealkylation sites (N-methyl/N-ethyl adjacent to an activating group) is 1. The molecule has 0 saturated carbocycles. The van der Waals surface area contributed by atoms with Gasteiger partial charge in [-0.3, -0.25) is 4.90 Å². The lowest BCUT2D eigenvalue weighted by Crippen LogP contribution is -2.29. The van der Waals surface area contributed by atoms with Crippen molar-refractivity contribution in [2.45, 2.75) is 19.0 Å². The zero-order valence-corrected chi connectivity index (χ0v) is 13.2. The lowest BCUT2D eigenvalue weighted by Gasteiger charge is -2.14. The Hall–Kier alpha value is -0.320. The van der Waals surface area contributed by atoms with Crippen LogP contribution in [0.1, 0.15) is 11.3 Å². The van der Waals surface area contributed by atoms with Gasteiger partial charge in [0.2, 0.25) is 0 Å². The fourth-order valence-corrected chi connectivity index (χ4v) is 4.12. The third kappa shape index (κ3) is 3.06. The second-order valence-corrected chi connectivity index (χ2v) is 6.36. The summed E-state index contributed by atoms with van der Waals surface area (Å²) in [4.78, 5) is 3.78. The molecule has 1 fully saturated rings. The SMILES string of the molecule is CNC1CCN(Cc2sc3ccccc3c2Cl)C1.Cl. The van der Waals surface area contributed by atoms with Gasteiger partial charge in [0.05, 0.1) is 5.02 Å². The summed E-state index contributed by atoms with van der Waals surface area (Å²) < 4.78 is 1.29. The molecule has 1 unspecified atom stereocenters. The lowest BCUT2D eigenvalue weighted by atomic mass is 10.2. The minimum absolute atomic E-state index is 0. The number of likely N-dealkylation sites (tertiary alicyclic amines) is 1. The van der Waals surface area contributed by atoms with Crippen LogP contribution < -0.4 is 5.32 Å². The molecule has 3 rings (SSSR count). The first-order chi connectivity index (χ1) is 8.78. The van der Waals surface area contributed by atoms with Gasteiger partial charge in [-0.2, -0.15) is 0 Å². The van der Waals surface area contributed by atoms with Crippen LogP contribution in [0.25, 0.3) is 10.1 Å². The molecule has 0 aliphatic carbocycles. The van der Waals surface area contributed by atoms with Crippen LogP contribution in [0, 0.1) is 0 Å². The van der Waals surface area contributed by atoms with E-state index in [0.717, 1.165) is 24.7 Å². The number of hydrogen-bond donors (Lipinski definition) is 1. The van der Waals surface area contributed by atoms with Crippen molar-refractivity contribution in [3.05, 3.63) is 34.2 Å². The fraction of sp³-hybridized carbons (Fsp3) is 0.429.